The highest BCUT2D eigenvalue weighted by Crippen LogP contribution is 2.26. The molecular weight excluding hydrogens is 298 g/mol. The zero-order valence-corrected chi connectivity index (χ0v) is 14.5. The van der Waals surface area contributed by atoms with Gasteiger partial charge in [0.15, 0.2) is 0 Å². The van der Waals surface area contributed by atoms with Gasteiger partial charge in [-0.25, -0.2) is 0 Å². The van der Waals surface area contributed by atoms with E-state index in [1.807, 2.05) is 60.7 Å². The fraction of sp³-hybridized carbons (Fsp3) is 0.381. The van der Waals surface area contributed by atoms with Gasteiger partial charge in [-0.05, 0) is 23.5 Å². The minimum Gasteiger partial charge on any atom is -0.387 e. The van der Waals surface area contributed by atoms with Crippen molar-refractivity contribution < 1.29 is 9.90 Å². The van der Waals surface area contributed by atoms with E-state index in [0.29, 0.717) is 25.2 Å². The van der Waals surface area contributed by atoms with Crippen LogP contribution in [-0.4, -0.2) is 23.2 Å². The van der Waals surface area contributed by atoms with Gasteiger partial charge in [-0.3, -0.25) is 4.79 Å². The Morgan fingerprint density at radius 2 is 1.42 bits per heavy atom. The third-order valence-corrected chi connectivity index (χ3v) is 4.33. The molecule has 0 aliphatic rings. The maximum absolute atomic E-state index is 11.5. The number of nitrogens with one attached hydrogen (secondary N) is 1. The maximum atomic E-state index is 11.5. The summed E-state index contributed by atoms with van der Waals surface area (Å²) in [6.45, 7) is 4.20. The lowest BCUT2D eigenvalue weighted by molar-refractivity contribution is -0.112. The van der Waals surface area contributed by atoms with E-state index in [9.17, 15) is 9.90 Å². The second kappa shape index (κ2) is 8.65. The van der Waals surface area contributed by atoms with Gasteiger partial charge < -0.3 is 10.4 Å². The zero-order chi connectivity index (χ0) is 17.4. The van der Waals surface area contributed by atoms with E-state index >= 15 is 0 Å². The highest BCUT2D eigenvalue weighted by Gasteiger charge is 2.37. The molecule has 0 spiro atoms. The highest BCUT2D eigenvalue weighted by atomic mass is 16.3. The van der Waals surface area contributed by atoms with E-state index in [1.165, 1.54) is 0 Å². The predicted octanol–water partition coefficient (Wildman–Crippen LogP) is 3.36. The van der Waals surface area contributed by atoms with Gasteiger partial charge >= 0.3 is 0 Å². The van der Waals surface area contributed by atoms with Gasteiger partial charge in [0.05, 0.1) is 11.6 Å². The van der Waals surface area contributed by atoms with Gasteiger partial charge in [0.25, 0.3) is 0 Å². The topological polar surface area (TPSA) is 49.3 Å². The number of aliphatic hydroxyl groups is 1. The molecule has 3 nitrogen and oxygen atoms in total. The summed E-state index contributed by atoms with van der Waals surface area (Å²) in [5.74, 6) is 0.375. The second-order valence-corrected chi connectivity index (χ2v) is 6.89. The van der Waals surface area contributed by atoms with Crippen molar-refractivity contribution in [2.75, 3.05) is 0 Å². The van der Waals surface area contributed by atoms with E-state index in [2.05, 4.69) is 19.2 Å². The van der Waals surface area contributed by atoms with Crippen LogP contribution in [0, 0.1) is 5.92 Å². The van der Waals surface area contributed by atoms with Gasteiger partial charge in [0.1, 0.15) is 0 Å². The third-order valence-electron chi connectivity index (χ3n) is 4.33. The van der Waals surface area contributed by atoms with E-state index in [-0.39, 0.29) is 6.04 Å². The van der Waals surface area contributed by atoms with Gasteiger partial charge in [-0.15, -0.1) is 0 Å². The average molecular weight is 325 g/mol. The van der Waals surface area contributed by atoms with Crippen LogP contribution in [0.5, 0.6) is 0 Å². The van der Waals surface area contributed by atoms with Crippen molar-refractivity contribution in [1.29, 1.82) is 0 Å². The lowest BCUT2D eigenvalue weighted by Gasteiger charge is -2.37. The van der Waals surface area contributed by atoms with Crippen molar-refractivity contribution in [1.82, 2.24) is 5.32 Å². The molecule has 0 unspecified atom stereocenters. The number of benzene rings is 2. The first kappa shape index (κ1) is 18.2. The van der Waals surface area contributed by atoms with Gasteiger partial charge in [0, 0.05) is 12.8 Å². The molecule has 0 bridgehead atoms. The summed E-state index contributed by atoms with van der Waals surface area (Å²) in [5, 5.41) is 14.4. The highest BCUT2D eigenvalue weighted by molar-refractivity contribution is 5.47. The van der Waals surface area contributed by atoms with E-state index in [0.717, 1.165) is 17.5 Å². The Labute approximate surface area is 144 Å². The molecule has 2 rings (SSSR count). The number of amides is 1. The van der Waals surface area contributed by atoms with Crippen LogP contribution >= 0.6 is 0 Å². The number of carbonyl (C=O) groups is 1. The molecular formula is C21H27NO2. The molecule has 1 atom stereocenters. The van der Waals surface area contributed by atoms with Crippen molar-refractivity contribution in [3.8, 4) is 0 Å². The SMILES string of the molecule is CC(C)C[C@H](NC=O)C(O)(Cc1ccccc1)Cc1ccccc1. The first-order valence-corrected chi connectivity index (χ1v) is 8.53. The Morgan fingerprint density at radius 3 is 1.79 bits per heavy atom. The molecule has 0 heterocycles. The molecule has 0 aromatic heterocycles. The van der Waals surface area contributed by atoms with Crippen LogP contribution in [0.3, 0.4) is 0 Å². The Balaban J connectivity index is 2.32. The summed E-state index contributed by atoms with van der Waals surface area (Å²) in [6, 6.07) is 19.6. The van der Waals surface area contributed by atoms with Crippen molar-refractivity contribution >= 4 is 6.41 Å². The van der Waals surface area contributed by atoms with Crippen LogP contribution < -0.4 is 5.32 Å². The van der Waals surface area contributed by atoms with Gasteiger partial charge in [-0.2, -0.15) is 0 Å². The van der Waals surface area contributed by atoms with Crippen molar-refractivity contribution in [2.24, 2.45) is 5.92 Å². The Hall–Kier alpha value is -2.13. The Bertz CT molecular complexity index is 569. The molecule has 24 heavy (non-hydrogen) atoms. The lowest BCUT2D eigenvalue weighted by Crippen LogP contribution is -2.54. The molecule has 0 fully saturated rings. The quantitative estimate of drug-likeness (QED) is 0.695. The summed E-state index contributed by atoms with van der Waals surface area (Å²) in [7, 11) is 0. The Kier molecular flexibility index (Phi) is 6.56. The average Bonchev–Trinajstić information content (AvgIpc) is 2.56. The largest absolute Gasteiger partial charge is 0.387 e. The first-order chi connectivity index (χ1) is 11.5. The zero-order valence-electron chi connectivity index (χ0n) is 14.5. The van der Waals surface area contributed by atoms with Crippen LogP contribution in [0.15, 0.2) is 60.7 Å². The monoisotopic (exact) mass is 325 g/mol. The molecule has 0 radical (unpaired) electrons. The fourth-order valence-electron chi connectivity index (χ4n) is 3.20. The maximum Gasteiger partial charge on any atom is 0.207 e. The van der Waals surface area contributed by atoms with Crippen LogP contribution in [0.25, 0.3) is 0 Å². The smallest absolute Gasteiger partial charge is 0.207 e. The summed E-state index contributed by atoms with van der Waals surface area (Å²) >= 11 is 0. The molecule has 128 valence electrons. The molecule has 3 heteroatoms. The molecule has 2 aromatic carbocycles. The predicted molar refractivity (Wildman–Crippen MR) is 97.7 cm³/mol. The fourth-order valence-corrected chi connectivity index (χ4v) is 3.20. The summed E-state index contributed by atoms with van der Waals surface area (Å²) in [4.78, 5) is 11.1. The first-order valence-electron chi connectivity index (χ1n) is 8.53. The number of carbonyl (C=O) groups excluding carboxylic acids is 1. The molecule has 2 aromatic rings. The van der Waals surface area contributed by atoms with Gasteiger partial charge in [-0.1, -0.05) is 74.5 Å². The molecule has 1 amide bonds. The summed E-state index contributed by atoms with van der Waals surface area (Å²) in [6.07, 6.45) is 2.44. The Morgan fingerprint density at radius 1 is 0.958 bits per heavy atom. The molecule has 2 N–H and O–H groups in total. The van der Waals surface area contributed by atoms with E-state index in [4.69, 9.17) is 0 Å². The van der Waals surface area contributed by atoms with Crippen LogP contribution in [0.4, 0.5) is 0 Å². The standard InChI is InChI=1S/C21H27NO2/c1-17(2)13-20(22-16-23)21(24,14-18-9-5-3-6-10-18)15-19-11-7-4-8-12-19/h3-12,16-17,20,24H,13-15H2,1-2H3,(H,22,23)/t20-/m0/s1. The number of hydrogen-bond donors (Lipinski definition) is 2. The van der Waals surface area contributed by atoms with Crippen LogP contribution in [-0.2, 0) is 17.6 Å². The minimum atomic E-state index is -1.03. The second-order valence-electron chi connectivity index (χ2n) is 6.89. The van der Waals surface area contributed by atoms with Crippen LogP contribution in [0.1, 0.15) is 31.4 Å². The van der Waals surface area contributed by atoms with E-state index in [1.54, 1.807) is 0 Å². The third kappa shape index (κ3) is 5.20. The normalized spacial score (nSPS) is 12.8. The molecule has 0 aliphatic carbocycles. The number of rotatable bonds is 9. The summed E-state index contributed by atoms with van der Waals surface area (Å²) in [5.41, 5.74) is 1.10. The van der Waals surface area contributed by atoms with Gasteiger partial charge in [0.2, 0.25) is 6.41 Å². The number of hydrogen-bond acceptors (Lipinski definition) is 2. The summed E-state index contributed by atoms with van der Waals surface area (Å²) < 4.78 is 0. The molecule has 0 saturated heterocycles. The van der Waals surface area contributed by atoms with Crippen molar-refractivity contribution in [2.45, 2.75) is 44.8 Å². The lowest BCUT2D eigenvalue weighted by atomic mass is 9.79. The minimum absolute atomic E-state index is 0.296. The molecule has 0 saturated carbocycles. The van der Waals surface area contributed by atoms with E-state index < -0.39 is 5.60 Å². The van der Waals surface area contributed by atoms with Crippen molar-refractivity contribution in [3.05, 3.63) is 71.8 Å². The van der Waals surface area contributed by atoms with Crippen molar-refractivity contribution in [3.63, 3.8) is 0 Å². The molecule has 0 aliphatic heterocycles. The van der Waals surface area contributed by atoms with Crippen LogP contribution in [0.2, 0.25) is 0 Å².